The Balaban J connectivity index is 1.51. The van der Waals surface area contributed by atoms with Crippen LogP contribution in [0.3, 0.4) is 0 Å². The van der Waals surface area contributed by atoms with Crippen LogP contribution in [0.4, 0.5) is 5.69 Å². The van der Waals surface area contributed by atoms with E-state index in [1.165, 1.54) is 25.5 Å². The predicted octanol–water partition coefficient (Wildman–Crippen LogP) is 4.32. The lowest BCUT2D eigenvalue weighted by molar-refractivity contribution is -0.115. The number of amides is 1. The number of benzene rings is 2. The fourth-order valence-electron chi connectivity index (χ4n) is 3.20. The zero-order chi connectivity index (χ0) is 22.5. The number of aromatic nitrogens is 1. The zero-order valence-corrected chi connectivity index (χ0v) is 17.9. The summed E-state index contributed by atoms with van der Waals surface area (Å²) in [6.07, 6.45) is 4.38. The summed E-state index contributed by atoms with van der Waals surface area (Å²) in [5.41, 5.74) is 2.28. The van der Waals surface area contributed by atoms with Crippen LogP contribution in [0.2, 0.25) is 0 Å². The molecule has 0 radical (unpaired) electrons. The Morgan fingerprint density at radius 3 is 2.72 bits per heavy atom. The van der Waals surface area contributed by atoms with Crippen molar-refractivity contribution in [2.75, 3.05) is 12.4 Å². The van der Waals surface area contributed by atoms with Crippen LogP contribution >= 0.6 is 12.2 Å². The van der Waals surface area contributed by atoms with E-state index in [0.29, 0.717) is 28.3 Å². The second kappa shape index (κ2) is 9.32. The summed E-state index contributed by atoms with van der Waals surface area (Å²) in [6, 6.07) is 18.1. The fourth-order valence-corrected chi connectivity index (χ4v) is 3.42. The third-order valence-electron chi connectivity index (χ3n) is 4.68. The predicted molar refractivity (Wildman–Crippen MR) is 129 cm³/mol. The quantitative estimate of drug-likeness (QED) is 0.313. The van der Waals surface area contributed by atoms with Crippen molar-refractivity contribution in [3.05, 3.63) is 89.1 Å². The second-order valence-electron chi connectivity index (χ2n) is 6.81. The van der Waals surface area contributed by atoms with E-state index in [9.17, 15) is 9.59 Å². The highest BCUT2D eigenvalue weighted by molar-refractivity contribution is 7.80. The molecule has 0 unspecified atom stereocenters. The molecule has 7 nitrogen and oxygen atoms in total. The van der Waals surface area contributed by atoms with Gasteiger partial charge in [-0.15, -0.1) is 0 Å². The first-order valence-corrected chi connectivity index (χ1v) is 10.1. The van der Waals surface area contributed by atoms with Gasteiger partial charge < -0.3 is 19.5 Å². The molecule has 160 valence electrons. The van der Waals surface area contributed by atoms with Gasteiger partial charge in [-0.25, -0.2) is 0 Å². The number of carbonyl (C=O) groups is 1. The van der Waals surface area contributed by atoms with Crippen molar-refractivity contribution in [2.24, 2.45) is 0 Å². The molecule has 0 aliphatic carbocycles. The summed E-state index contributed by atoms with van der Waals surface area (Å²) >= 11 is 5.21. The molecule has 0 fully saturated rings. The molecule has 0 saturated heterocycles. The zero-order valence-electron chi connectivity index (χ0n) is 17.0. The minimum absolute atomic E-state index is 0.123. The maximum absolute atomic E-state index is 12.6. The summed E-state index contributed by atoms with van der Waals surface area (Å²) < 4.78 is 10.6. The molecule has 3 N–H and O–H groups in total. The van der Waals surface area contributed by atoms with Crippen LogP contribution in [0.5, 0.6) is 5.75 Å². The third kappa shape index (κ3) is 4.76. The lowest BCUT2D eigenvalue weighted by atomic mass is 10.0. The van der Waals surface area contributed by atoms with Crippen LogP contribution in [0, 0.1) is 0 Å². The molecule has 4 rings (SSSR count). The first kappa shape index (κ1) is 21.1. The largest absolute Gasteiger partial charge is 0.496 e. The van der Waals surface area contributed by atoms with E-state index in [1.807, 2.05) is 30.3 Å². The number of fused-ring (bicyclic) bond motifs is 1. The van der Waals surface area contributed by atoms with E-state index in [2.05, 4.69) is 15.6 Å². The summed E-state index contributed by atoms with van der Waals surface area (Å²) in [5.74, 6) is 0.649. The highest BCUT2D eigenvalue weighted by atomic mass is 32.1. The normalized spacial score (nSPS) is 10.9. The van der Waals surface area contributed by atoms with Crippen LogP contribution < -0.4 is 20.9 Å². The number of hydrogen-bond acceptors (Lipinski definition) is 5. The number of H-pyrrole nitrogens is 1. The second-order valence-corrected chi connectivity index (χ2v) is 7.21. The Hall–Kier alpha value is -4.17. The third-order valence-corrected chi connectivity index (χ3v) is 4.89. The van der Waals surface area contributed by atoms with Crippen molar-refractivity contribution in [1.29, 1.82) is 0 Å². The van der Waals surface area contributed by atoms with Crippen LogP contribution in [0.1, 0.15) is 5.76 Å². The van der Waals surface area contributed by atoms with Crippen molar-refractivity contribution in [3.8, 4) is 16.9 Å². The van der Waals surface area contributed by atoms with Gasteiger partial charge in [-0.1, -0.05) is 18.2 Å². The van der Waals surface area contributed by atoms with Crippen LogP contribution in [-0.2, 0) is 4.79 Å². The SMILES string of the molecule is COc1cc(NC(=S)NC(=O)/C=C/c2ccco2)ccc1-c1cc2ccccc2[nH]c1=O. The lowest BCUT2D eigenvalue weighted by Crippen LogP contribution is -2.32. The minimum atomic E-state index is -0.398. The fraction of sp³-hybridized carbons (Fsp3) is 0.0417. The molecular weight excluding hydrogens is 426 g/mol. The number of pyridine rings is 1. The number of methoxy groups -OCH3 is 1. The average molecular weight is 446 g/mol. The van der Waals surface area contributed by atoms with E-state index in [0.717, 1.165) is 10.9 Å². The smallest absolute Gasteiger partial charge is 0.256 e. The molecule has 8 heteroatoms. The highest BCUT2D eigenvalue weighted by Gasteiger charge is 2.13. The molecule has 0 atom stereocenters. The minimum Gasteiger partial charge on any atom is -0.496 e. The first-order valence-electron chi connectivity index (χ1n) is 9.67. The number of para-hydroxylation sites is 1. The molecule has 0 aliphatic rings. The van der Waals surface area contributed by atoms with Crippen molar-refractivity contribution in [1.82, 2.24) is 10.3 Å². The molecule has 1 amide bonds. The number of carbonyl (C=O) groups excluding carboxylic acids is 1. The molecule has 2 aromatic heterocycles. The van der Waals surface area contributed by atoms with E-state index >= 15 is 0 Å². The lowest BCUT2D eigenvalue weighted by Gasteiger charge is -2.13. The number of anilines is 1. The Labute approximate surface area is 188 Å². The molecule has 2 heterocycles. The molecule has 32 heavy (non-hydrogen) atoms. The number of nitrogens with one attached hydrogen (secondary N) is 3. The number of thiocarbonyl (C=S) groups is 1. The Morgan fingerprint density at radius 1 is 1.09 bits per heavy atom. The van der Waals surface area contributed by atoms with Crippen molar-refractivity contribution in [3.63, 3.8) is 0 Å². The summed E-state index contributed by atoms with van der Waals surface area (Å²) in [5, 5.41) is 6.54. The van der Waals surface area contributed by atoms with Gasteiger partial charge in [0.15, 0.2) is 5.11 Å². The maximum atomic E-state index is 12.6. The van der Waals surface area contributed by atoms with Gasteiger partial charge in [0.05, 0.1) is 18.9 Å². The number of furan rings is 1. The topological polar surface area (TPSA) is 96.4 Å². The molecule has 2 aromatic carbocycles. The molecule has 0 aliphatic heterocycles. The van der Waals surface area contributed by atoms with Crippen molar-refractivity contribution in [2.45, 2.75) is 0 Å². The van der Waals surface area contributed by atoms with Gasteiger partial charge in [0.1, 0.15) is 11.5 Å². The van der Waals surface area contributed by atoms with Gasteiger partial charge in [0.25, 0.3) is 5.56 Å². The van der Waals surface area contributed by atoms with Gasteiger partial charge in [-0.2, -0.15) is 0 Å². The van der Waals surface area contributed by atoms with Gasteiger partial charge in [-0.3, -0.25) is 14.9 Å². The van der Waals surface area contributed by atoms with Crippen molar-refractivity contribution >= 4 is 45.9 Å². The van der Waals surface area contributed by atoms with Crippen LogP contribution in [0.15, 0.2) is 82.2 Å². The molecular formula is C24H19N3O4S. The molecule has 0 saturated carbocycles. The van der Waals surface area contributed by atoms with Crippen LogP contribution in [-0.4, -0.2) is 23.1 Å². The summed E-state index contributed by atoms with van der Waals surface area (Å²) in [4.78, 5) is 27.5. The van der Waals surface area contributed by atoms with E-state index < -0.39 is 5.91 Å². The van der Waals surface area contributed by atoms with Gasteiger partial charge >= 0.3 is 0 Å². The summed E-state index contributed by atoms with van der Waals surface area (Å²) in [6.45, 7) is 0. The highest BCUT2D eigenvalue weighted by Crippen LogP contribution is 2.31. The average Bonchev–Trinajstić information content (AvgIpc) is 3.31. The van der Waals surface area contributed by atoms with E-state index in [4.69, 9.17) is 21.4 Å². The first-order chi connectivity index (χ1) is 15.5. The van der Waals surface area contributed by atoms with E-state index in [1.54, 1.807) is 30.3 Å². The monoisotopic (exact) mass is 445 g/mol. The Morgan fingerprint density at radius 2 is 1.94 bits per heavy atom. The summed E-state index contributed by atoms with van der Waals surface area (Å²) in [7, 11) is 1.53. The number of rotatable bonds is 5. The van der Waals surface area contributed by atoms with Gasteiger partial charge in [0.2, 0.25) is 5.91 Å². The molecule has 0 bridgehead atoms. The van der Waals surface area contributed by atoms with E-state index in [-0.39, 0.29) is 10.7 Å². The Bertz CT molecular complexity index is 1370. The number of ether oxygens (including phenoxy) is 1. The maximum Gasteiger partial charge on any atom is 0.256 e. The molecule has 0 spiro atoms. The number of hydrogen-bond donors (Lipinski definition) is 3. The Kier molecular flexibility index (Phi) is 6.14. The van der Waals surface area contributed by atoms with Crippen molar-refractivity contribution < 1.29 is 13.9 Å². The van der Waals surface area contributed by atoms with Crippen LogP contribution in [0.25, 0.3) is 28.1 Å². The molecule has 4 aromatic rings. The van der Waals surface area contributed by atoms with Gasteiger partial charge in [-0.05, 0) is 60.1 Å². The van der Waals surface area contributed by atoms with Gasteiger partial charge in [0, 0.05) is 28.9 Å². The number of aromatic amines is 1. The standard InChI is InChI=1S/C24H19N3O4S/c1-30-21-14-16(25-24(32)27-22(28)11-9-17-6-4-12-31-17)8-10-18(21)19-13-15-5-2-3-7-20(15)26-23(19)29/h2-14H,1H3,(H,26,29)(H2,25,27,28,32)/b11-9+.